The van der Waals surface area contributed by atoms with E-state index in [4.69, 9.17) is 10.5 Å². The van der Waals surface area contributed by atoms with E-state index >= 15 is 0 Å². The maximum absolute atomic E-state index is 12.3. The predicted octanol–water partition coefficient (Wildman–Crippen LogP) is 1.57. The number of benzene rings is 1. The average Bonchev–Trinajstić information content (AvgIpc) is 3.12. The maximum atomic E-state index is 12.3. The van der Waals surface area contributed by atoms with E-state index in [1.165, 1.54) is 6.33 Å². The molecule has 0 aliphatic carbocycles. The summed E-state index contributed by atoms with van der Waals surface area (Å²) in [5.41, 5.74) is 7.55. The zero-order valence-corrected chi connectivity index (χ0v) is 14.9. The highest BCUT2D eigenvalue weighted by Gasteiger charge is 2.20. The summed E-state index contributed by atoms with van der Waals surface area (Å²) in [6.45, 7) is 2.32. The van der Waals surface area contributed by atoms with E-state index < -0.39 is 0 Å². The molecule has 24 heavy (non-hydrogen) atoms. The average molecular weight is 354 g/mol. The van der Waals surface area contributed by atoms with Crippen molar-refractivity contribution >= 4 is 18.3 Å². The van der Waals surface area contributed by atoms with Crippen molar-refractivity contribution in [2.75, 3.05) is 20.7 Å². The van der Waals surface area contributed by atoms with Crippen molar-refractivity contribution in [1.29, 1.82) is 0 Å². The summed E-state index contributed by atoms with van der Waals surface area (Å²) in [4.78, 5) is 18.0. The van der Waals surface area contributed by atoms with E-state index in [-0.39, 0.29) is 36.9 Å². The van der Waals surface area contributed by atoms with Gasteiger partial charge in [0.1, 0.15) is 12.7 Å². The number of aromatic nitrogens is 3. The highest BCUT2D eigenvalue weighted by atomic mass is 35.5. The smallest absolute Gasteiger partial charge is 0.225 e. The quantitative estimate of drug-likeness (QED) is 0.816. The van der Waals surface area contributed by atoms with Gasteiger partial charge in [-0.15, -0.1) is 12.4 Å². The first-order valence-electron chi connectivity index (χ1n) is 7.50. The van der Waals surface area contributed by atoms with Crippen molar-refractivity contribution in [2.24, 2.45) is 5.73 Å². The van der Waals surface area contributed by atoms with E-state index in [1.807, 2.05) is 31.2 Å². The zero-order chi connectivity index (χ0) is 16.8. The van der Waals surface area contributed by atoms with Crippen LogP contribution in [-0.4, -0.2) is 52.4 Å². The van der Waals surface area contributed by atoms with Crippen LogP contribution in [0.3, 0.4) is 0 Å². The van der Waals surface area contributed by atoms with Gasteiger partial charge >= 0.3 is 0 Å². The van der Waals surface area contributed by atoms with Crippen LogP contribution in [0.1, 0.15) is 24.9 Å². The Kier molecular flexibility index (Phi) is 7.84. The molecule has 8 heteroatoms. The van der Waals surface area contributed by atoms with Crippen LogP contribution in [0, 0.1) is 0 Å². The number of hydrogen-bond donors (Lipinski definition) is 1. The van der Waals surface area contributed by atoms with Crippen molar-refractivity contribution in [2.45, 2.75) is 25.5 Å². The van der Waals surface area contributed by atoms with Gasteiger partial charge in [-0.2, -0.15) is 5.10 Å². The fourth-order valence-electron chi connectivity index (χ4n) is 2.29. The Labute approximate surface area is 148 Å². The molecule has 2 N–H and O–H groups in total. The maximum Gasteiger partial charge on any atom is 0.225 e. The lowest BCUT2D eigenvalue weighted by atomic mass is 10.1. The molecule has 0 spiro atoms. The molecular formula is C16H24ClN5O2. The summed E-state index contributed by atoms with van der Waals surface area (Å²) < 4.78 is 6.86. The number of nitrogens with two attached hydrogens (primary N) is 1. The monoisotopic (exact) mass is 353 g/mol. The second kappa shape index (κ2) is 9.36. The number of nitrogens with zero attached hydrogens (tertiary/aromatic N) is 4. The van der Waals surface area contributed by atoms with Crippen LogP contribution in [0.4, 0.5) is 0 Å². The minimum atomic E-state index is -0.244. The van der Waals surface area contributed by atoms with E-state index in [0.717, 1.165) is 11.3 Å². The van der Waals surface area contributed by atoms with Gasteiger partial charge in [-0.3, -0.25) is 4.79 Å². The Balaban J connectivity index is 0.00000288. The Morgan fingerprint density at radius 1 is 1.38 bits per heavy atom. The van der Waals surface area contributed by atoms with Gasteiger partial charge in [0.25, 0.3) is 0 Å². The van der Waals surface area contributed by atoms with Crippen LogP contribution in [0.15, 0.2) is 36.9 Å². The molecule has 0 saturated carbocycles. The molecule has 0 saturated heterocycles. The molecule has 7 nitrogen and oxygen atoms in total. The van der Waals surface area contributed by atoms with Crippen LogP contribution in [-0.2, 0) is 9.53 Å². The molecule has 2 rings (SSSR count). The van der Waals surface area contributed by atoms with Gasteiger partial charge in [0, 0.05) is 20.7 Å². The van der Waals surface area contributed by atoms with Gasteiger partial charge in [-0.05, 0) is 24.6 Å². The number of carbonyl (C=O) groups is 1. The van der Waals surface area contributed by atoms with Crippen molar-refractivity contribution in [1.82, 2.24) is 19.7 Å². The molecule has 0 fully saturated rings. The van der Waals surface area contributed by atoms with Crippen LogP contribution in [0.2, 0.25) is 0 Å². The van der Waals surface area contributed by atoms with Crippen molar-refractivity contribution < 1.29 is 9.53 Å². The third kappa shape index (κ3) is 4.77. The zero-order valence-electron chi connectivity index (χ0n) is 14.1. The highest BCUT2D eigenvalue weighted by molar-refractivity contribution is 5.85. The summed E-state index contributed by atoms with van der Waals surface area (Å²) in [5.74, 6) is 0.00940. The third-order valence-corrected chi connectivity index (χ3v) is 4.03. The number of amides is 1. The Bertz CT molecular complexity index is 614. The van der Waals surface area contributed by atoms with E-state index in [0.29, 0.717) is 6.54 Å². The lowest BCUT2D eigenvalue weighted by molar-refractivity contribution is -0.134. The fourth-order valence-corrected chi connectivity index (χ4v) is 2.29. The molecule has 2 unspecified atom stereocenters. The van der Waals surface area contributed by atoms with E-state index in [1.54, 1.807) is 30.1 Å². The number of ether oxygens (including phenoxy) is 1. The van der Waals surface area contributed by atoms with Crippen molar-refractivity contribution in [3.05, 3.63) is 42.5 Å². The van der Waals surface area contributed by atoms with Crippen LogP contribution < -0.4 is 5.73 Å². The van der Waals surface area contributed by atoms with Crippen LogP contribution in [0.25, 0.3) is 5.69 Å². The first-order valence-corrected chi connectivity index (χ1v) is 7.50. The first-order chi connectivity index (χ1) is 11.1. The lowest BCUT2D eigenvalue weighted by Gasteiger charge is -2.27. The van der Waals surface area contributed by atoms with E-state index in [2.05, 4.69) is 10.1 Å². The van der Waals surface area contributed by atoms with Crippen molar-refractivity contribution in [3.8, 4) is 5.69 Å². The van der Waals surface area contributed by atoms with Gasteiger partial charge in [0.05, 0.1) is 24.3 Å². The molecule has 0 radical (unpaired) electrons. The predicted molar refractivity (Wildman–Crippen MR) is 94.3 cm³/mol. The Morgan fingerprint density at radius 3 is 2.54 bits per heavy atom. The first kappa shape index (κ1) is 20.1. The molecule has 1 aromatic heterocycles. The van der Waals surface area contributed by atoms with Gasteiger partial charge in [0.2, 0.25) is 5.91 Å². The normalized spacial score (nSPS) is 13.0. The summed E-state index contributed by atoms with van der Waals surface area (Å²) in [6, 6.07) is 7.85. The molecule has 1 amide bonds. The number of halogens is 1. The second-order valence-electron chi connectivity index (χ2n) is 5.41. The highest BCUT2D eigenvalue weighted by Crippen LogP contribution is 2.21. The molecule has 132 valence electrons. The molecule has 1 aromatic carbocycles. The molecule has 0 aliphatic rings. The minimum Gasteiger partial charge on any atom is -0.380 e. The summed E-state index contributed by atoms with van der Waals surface area (Å²) in [6.07, 6.45) is 3.18. The summed E-state index contributed by atoms with van der Waals surface area (Å²) >= 11 is 0. The largest absolute Gasteiger partial charge is 0.380 e. The van der Waals surface area contributed by atoms with Crippen molar-refractivity contribution in [3.63, 3.8) is 0 Å². The fraction of sp³-hybridized carbons (Fsp3) is 0.438. The molecule has 0 bridgehead atoms. The Morgan fingerprint density at radius 2 is 2.04 bits per heavy atom. The lowest BCUT2D eigenvalue weighted by Crippen LogP contribution is -2.35. The van der Waals surface area contributed by atoms with Gasteiger partial charge < -0.3 is 15.4 Å². The summed E-state index contributed by atoms with van der Waals surface area (Å²) in [7, 11) is 3.36. The third-order valence-electron chi connectivity index (χ3n) is 4.03. The number of methoxy groups -OCH3 is 1. The van der Waals surface area contributed by atoms with E-state index in [9.17, 15) is 4.79 Å². The SMILES string of the molecule is COC(CN)CC(=O)N(C)C(C)c1ccc(-n2cncn2)cc1.Cl. The number of hydrogen-bond acceptors (Lipinski definition) is 5. The van der Waals surface area contributed by atoms with Crippen LogP contribution in [0.5, 0.6) is 0 Å². The standard InChI is InChI=1S/C16H23N5O2.ClH/c1-12(20(2)16(22)8-15(9-17)23-3)13-4-6-14(7-5-13)21-11-18-10-19-21;/h4-7,10-12,15H,8-9,17H2,1-3H3;1H. The Hall–Kier alpha value is -1.96. The molecular weight excluding hydrogens is 330 g/mol. The van der Waals surface area contributed by atoms with Gasteiger partial charge in [0.15, 0.2) is 0 Å². The molecule has 0 aliphatic heterocycles. The van der Waals surface area contributed by atoms with Gasteiger partial charge in [-0.25, -0.2) is 9.67 Å². The van der Waals surface area contributed by atoms with Crippen LogP contribution >= 0.6 is 12.4 Å². The summed E-state index contributed by atoms with van der Waals surface area (Å²) in [5, 5.41) is 4.09. The minimum absolute atomic E-state index is 0. The molecule has 2 aromatic rings. The van der Waals surface area contributed by atoms with Gasteiger partial charge in [-0.1, -0.05) is 12.1 Å². The number of carbonyl (C=O) groups excluding carboxylic acids is 1. The molecule has 2 atom stereocenters. The number of rotatable bonds is 7. The molecule has 1 heterocycles. The second-order valence-corrected chi connectivity index (χ2v) is 5.41. The topological polar surface area (TPSA) is 86.3 Å².